The molecule has 0 fully saturated rings. The van der Waals surface area contributed by atoms with Crippen LogP contribution in [0.3, 0.4) is 0 Å². The van der Waals surface area contributed by atoms with Gasteiger partial charge in [0.05, 0.1) is 0 Å². The molecule has 0 bridgehead atoms. The van der Waals surface area contributed by atoms with E-state index in [-0.39, 0.29) is 6.61 Å². The Hall–Kier alpha value is -1.75. The van der Waals surface area contributed by atoms with E-state index < -0.39 is 6.10 Å². The van der Waals surface area contributed by atoms with Crippen molar-refractivity contribution in [2.24, 2.45) is 0 Å². The quantitative estimate of drug-likeness (QED) is 0.764. The Morgan fingerprint density at radius 3 is 2.35 bits per heavy atom. The number of likely N-dealkylation sites (N-methyl/N-ethyl adjacent to an activating group) is 1. The lowest BCUT2D eigenvalue weighted by Gasteiger charge is -2.20. The van der Waals surface area contributed by atoms with E-state index in [2.05, 4.69) is 0 Å². The van der Waals surface area contributed by atoms with E-state index in [0.29, 0.717) is 24.7 Å². The Labute approximate surface area is 142 Å². The summed E-state index contributed by atoms with van der Waals surface area (Å²) in [6.45, 7) is 2.05. The first kappa shape index (κ1) is 17.6. The van der Waals surface area contributed by atoms with Gasteiger partial charge in [-0.3, -0.25) is 0 Å². The molecule has 1 atom stereocenters. The molecule has 0 aliphatic heterocycles. The summed E-state index contributed by atoms with van der Waals surface area (Å²) in [4.78, 5) is 2.01. The third-order valence-corrected chi connectivity index (χ3v) is 3.52. The molecule has 23 heavy (non-hydrogen) atoms. The van der Waals surface area contributed by atoms with Gasteiger partial charge < -0.3 is 19.5 Å². The minimum absolute atomic E-state index is 0.270. The largest absolute Gasteiger partial charge is 0.492 e. The van der Waals surface area contributed by atoms with Crippen molar-refractivity contribution < 1.29 is 14.6 Å². The van der Waals surface area contributed by atoms with Gasteiger partial charge in [0.2, 0.25) is 0 Å². The van der Waals surface area contributed by atoms with Gasteiger partial charge in [0.25, 0.3) is 0 Å². The lowest BCUT2D eigenvalue weighted by Crippen LogP contribution is -2.35. The van der Waals surface area contributed by atoms with E-state index in [9.17, 15) is 5.11 Å². The molecule has 0 aliphatic rings. The number of aliphatic hydroxyl groups excluding tert-OH is 1. The highest BCUT2D eigenvalue weighted by molar-refractivity contribution is 6.30. The van der Waals surface area contributed by atoms with Crippen molar-refractivity contribution in [1.82, 2.24) is 4.90 Å². The first-order chi connectivity index (χ1) is 11.1. The monoisotopic (exact) mass is 335 g/mol. The van der Waals surface area contributed by atoms with Crippen LogP contribution < -0.4 is 9.47 Å². The standard InChI is InChI=1S/C18H22ClNO3/c1-20(11-12-22-18-9-7-15(19)8-10-18)13-16(21)14-23-17-5-3-2-4-6-17/h2-10,16,21H,11-14H2,1H3. The molecule has 5 heteroatoms. The molecule has 0 aliphatic carbocycles. The number of benzene rings is 2. The number of rotatable bonds is 9. The zero-order valence-electron chi connectivity index (χ0n) is 13.2. The van der Waals surface area contributed by atoms with Crippen LogP contribution >= 0.6 is 11.6 Å². The van der Waals surface area contributed by atoms with Crippen LogP contribution in [0.5, 0.6) is 11.5 Å². The molecule has 2 aromatic rings. The van der Waals surface area contributed by atoms with Crippen LogP contribution in [0.4, 0.5) is 0 Å². The second kappa shape index (κ2) is 9.40. The molecule has 0 saturated heterocycles. The van der Waals surface area contributed by atoms with E-state index in [0.717, 1.165) is 11.5 Å². The van der Waals surface area contributed by atoms with Crippen LogP contribution in [-0.2, 0) is 0 Å². The van der Waals surface area contributed by atoms with Gasteiger partial charge in [0, 0.05) is 18.1 Å². The second-order valence-electron chi connectivity index (χ2n) is 5.34. The van der Waals surface area contributed by atoms with E-state index in [1.165, 1.54) is 0 Å². The molecule has 2 aromatic carbocycles. The van der Waals surface area contributed by atoms with Crippen molar-refractivity contribution in [1.29, 1.82) is 0 Å². The van der Waals surface area contributed by atoms with Crippen molar-refractivity contribution in [3.8, 4) is 11.5 Å². The van der Waals surface area contributed by atoms with E-state index in [1.54, 1.807) is 12.1 Å². The molecule has 0 saturated carbocycles. The number of para-hydroxylation sites is 1. The zero-order chi connectivity index (χ0) is 16.5. The molecule has 2 rings (SSSR count). The van der Waals surface area contributed by atoms with Gasteiger partial charge >= 0.3 is 0 Å². The van der Waals surface area contributed by atoms with Crippen molar-refractivity contribution in [2.75, 3.05) is 33.4 Å². The number of halogens is 1. The molecular formula is C18H22ClNO3. The lowest BCUT2D eigenvalue weighted by atomic mass is 10.3. The number of aliphatic hydroxyl groups is 1. The summed E-state index contributed by atoms with van der Waals surface area (Å²) in [5.41, 5.74) is 0. The van der Waals surface area contributed by atoms with Crippen molar-refractivity contribution >= 4 is 11.6 Å². The smallest absolute Gasteiger partial charge is 0.119 e. The van der Waals surface area contributed by atoms with Crippen LogP contribution in [0.25, 0.3) is 0 Å². The van der Waals surface area contributed by atoms with Crippen molar-refractivity contribution in [3.05, 3.63) is 59.6 Å². The van der Waals surface area contributed by atoms with Crippen LogP contribution in [-0.4, -0.2) is 49.5 Å². The van der Waals surface area contributed by atoms with E-state index >= 15 is 0 Å². The van der Waals surface area contributed by atoms with Crippen LogP contribution in [0.1, 0.15) is 0 Å². The average Bonchev–Trinajstić information content (AvgIpc) is 2.56. The van der Waals surface area contributed by atoms with Crippen LogP contribution in [0.2, 0.25) is 5.02 Å². The maximum atomic E-state index is 10.0. The summed E-state index contributed by atoms with van der Waals surface area (Å²) in [7, 11) is 1.94. The fourth-order valence-electron chi connectivity index (χ4n) is 2.06. The number of ether oxygens (including phenoxy) is 2. The summed E-state index contributed by atoms with van der Waals surface area (Å²) in [6, 6.07) is 16.8. The number of hydrogen-bond donors (Lipinski definition) is 1. The normalized spacial score (nSPS) is 12.2. The molecule has 0 heterocycles. The lowest BCUT2D eigenvalue weighted by molar-refractivity contribution is 0.0723. The molecule has 1 unspecified atom stereocenters. The Balaban J connectivity index is 1.61. The topological polar surface area (TPSA) is 41.9 Å². The van der Waals surface area contributed by atoms with Crippen LogP contribution in [0.15, 0.2) is 54.6 Å². The average molecular weight is 336 g/mol. The van der Waals surface area contributed by atoms with Crippen molar-refractivity contribution in [2.45, 2.75) is 6.10 Å². The molecule has 0 aromatic heterocycles. The third-order valence-electron chi connectivity index (χ3n) is 3.26. The molecule has 4 nitrogen and oxygen atoms in total. The summed E-state index contributed by atoms with van der Waals surface area (Å²) >= 11 is 5.82. The van der Waals surface area contributed by atoms with Gasteiger partial charge in [-0.2, -0.15) is 0 Å². The van der Waals surface area contributed by atoms with E-state index in [1.807, 2.05) is 54.4 Å². The second-order valence-corrected chi connectivity index (χ2v) is 5.78. The van der Waals surface area contributed by atoms with Gasteiger partial charge in [-0.1, -0.05) is 29.8 Å². The minimum Gasteiger partial charge on any atom is -0.492 e. The highest BCUT2D eigenvalue weighted by atomic mass is 35.5. The maximum absolute atomic E-state index is 10.0. The van der Waals surface area contributed by atoms with Gasteiger partial charge in [0.15, 0.2) is 0 Å². The molecule has 1 N–H and O–H groups in total. The summed E-state index contributed by atoms with van der Waals surface area (Å²) < 4.78 is 11.2. The first-order valence-electron chi connectivity index (χ1n) is 7.56. The zero-order valence-corrected chi connectivity index (χ0v) is 13.9. The Morgan fingerprint density at radius 2 is 1.65 bits per heavy atom. The molecule has 124 valence electrons. The molecule has 0 radical (unpaired) electrons. The highest BCUT2D eigenvalue weighted by Crippen LogP contribution is 2.15. The van der Waals surface area contributed by atoms with Crippen molar-refractivity contribution in [3.63, 3.8) is 0 Å². The maximum Gasteiger partial charge on any atom is 0.119 e. The molecule has 0 spiro atoms. The van der Waals surface area contributed by atoms with Gasteiger partial charge in [-0.15, -0.1) is 0 Å². The summed E-state index contributed by atoms with van der Waals surface area (Å²) in [6.07, 6.45) is -0.546. The summed E-state index contributed by atoms with van der Waals surface area (Å²) in [5, 5.41) is 10.7. The molecular weight excluding hydrogens is 314 g/mol. The number of nitrogens with zero attached hydrogens (tertiary/aromatic N) is 1. The fourth-order valence-corrected chi connectivity index (χ4v) is 2.19. The van der Waals surface area contributed by atoms with Gasteiger partial charge in [-0.05, 0) is 43.4 Å². The summed E-state index contributed by atoms with van der Waals surface area (Å²) in [5.74, 6) is 1.55. The Morgan fingerprint density at radius 1 is 1.00 bits per heavy atom. The fraction of sp³-hybridized carbons (Fsp3) is 0.333. The number of hydrogen-bond acceptors (Lipinski definition) is 4. The predicted octanol–water partition coefficient (Wildman–Crippen LogP) is 3.09. The van der Waals surface area contributed by atoms with Gasteiger partial charge in [-0.25, -0.2) is 0 Å². The Bertz CT molecular complexity index is 562. The minimum atomic E-state index is -0.546. The third kappa shape index (κ3) is 6.91. The van der Waals surface area contributed by atoms with Gasteiger partial charge in [0.1, 0.15) is 30.8 Å². The van der Waals surface area contributed by atoms with Crippen LogP contribution in [0, 0.1) is 0 Å². The van der Waals surface area contributed by atoms with E-state index in [4.69, 9.17) is 21.1 Å². The SMILES string of the molecule is CN(CCOc1ccc(Cl)cc1)CC(O)COc1ccccc1. The predicted molar refractivity (Wildman–Crippen MR) is 92.4 cm³/mol. The highest BCUT2D eigenvalue weighted by Gasteiger charge is 2.09. The molecule has 0 amide bonds. The Kier molecular flexibility index (Phi) is 7.20. The first-order valence-corrected chi connectivity index (χ1v) is 7.94.